The van der Waals surface area contributed by atoms with Crippen molar-refractivity contribution >= 4 is 34.7 Å². The molecule has 15 heteroatoms. The van der Waals surface area contributed by atoms with E-state index < -0.39 is 41.3 Å². The highest BCUT2D eigenvalue weighted by atomic mass is 19.4. The fourth-order valence-corrected chi connectivity index (χ4v) is 4.20. The van der Waals surface area contributed by atoms with Crippen LogP contribution in [0.2, 0.25) is 0 Å². The van der Waals surface area contributed by atoms with Gasteiger partial charge in [-0.15, -0.1) is 5.06 Å². The molecule has 1 saturated heterocycles. The first-order valence-electron chi connectivity index (χ1n) is 11.9. The van der Waals surface area contributed by atoms with Crippen LogP contribution in [0.5, 0.6) is 0 Å². The number of amides is 2. The summed E-state index contributed by atoms with van der Waals surface area (Å²) in [5.41, 5.74) is -0.684. The van der Waals surface area contributed by atoms with Gasteiger partial charge < -0.3 is 20.8 Å². The van der Waals surface area contributed by atoms with Gasteiger partial charge in [-0.05, 0) is 62.2 Å². The average Bonchev–Trinajstić information content (AvgIpc) is 2.89. The van der Waals surface area contributed by atoms with Gasteiger partial charge >= 0.3 is 18.2 Å². The Morgan fingerprint density at radius 3 is 2.51 bits per heavy atom. The van der Waals surface area contributed by atoms with Crippen LogP contribution in [0.1, 0.15) is 18.4 Å². The number of piperidine rings is 1. The molecular weight excluding hydrogens is 526 g/mol. The standard InChI is InChI=1S/C24H25F4N7O4/c1-12-8-17(25)18(35(39-21(37)24(26,27)28)23(38)32-14-4-6-30-7-5-14)10-15(12)16-9-13-11-31-22(29-2)33-19(13)34(3)20(16)36/h8-11,14,30H,4-7H2,1-3H3,(H,32,38)(H,29,31,33). The van der Waals surface area contributed by atoms with E-state index in [0.29, 0.717) is 37.0 Å². The molecule has 0 saturated carbocycles. The second-order valence-electron chi connectivity index (χ2n) is 8.91. The number of nitrogens with zero attached hydrogens (tertiary/aromatic N) is 4. The summed E-state index contributed by atoms with van der Waals surface area (Å²) >= 11 is 0. The van der Waals surface area contributed by atoms with Gasteiger partial charge in [-0.2, -0.15) is 18.2 Å². The Morgan fingerprint density at radius 1 is 1.18 bits per heavy atom. The maximum Gasteiger partial charge on any atom is 0.493 e. The van der Waals surface area contributed by atoms with E-state index in [0.717, 1.165) is 12.1 Å². The number of carbonyl (C=O) groups excluding carboxylic acids is 2. The third-order valence-electron chi connectivity index (χ3n) is 6.23. The lowest BCUT2D eigenvalue weighted by atomic mass is 9.99. The molecule has 11 nitrogen and oxygen atoms in total. The van der Waals surface area contributed by atoms with Crippen molar-refractivity contribution in [1.29, 1.82) is 0 Å². The molecule has 1 aromatic carbocycles. The predicted octanol–water partition coefficient (Wildman–Crippen LogP) is 2.77. The number of carbonyl (C=O) groups is 2. The number of aromatic nitrogens is 3. The van der Waals surface area contributed by atoms with Crippen LogP contribution in [-0.2, 0) is 16.7 Å². The van der Waals surface area contributed by atoms with Crippen molar-refractivity contribution in [2.24, 2.45) is 7.05 Å². The molecule has 1 fully saturated rings. The number of pyridine rings is 1. The quantitative estimate of drug-likeness (QED) is 0.334. The minimum atomic E-state index is -5.46. The normalized spacial score (nSPS) is 14.2. The first-order chi connectivity index (χ1) is 18.4. The van der Waals surface area contributed by atoms with Gasteiger partial charge in [0.05, 0.1) is 0 Å². The van der Waals surface area contributed by atoms with E-state index in [1.807, 2.05) is 0 Å². The number of benzene rings is 1. The predicted molar refractivity (Wildman–Crippen MR) is 134 cm³/mol. The van der Waals surface area contributed by atoms with E-state index >= 15 is 4.39 Å². The molecule has 3 N–H and O–H groups in total. The highest BCUT2D eigenvalue weighted by Crippen LogP contribution is 2.32. The van der Waals surface area contributed by atoms with Crippen LogP contribution >= 0.6 is 0 Å². The molecule has 208 valence electrons. The van der Waals surface area contributed by atoms with E-state index in [4.69, 9.17) is 0 Å². The van der Waals surface area contributed by atoms with Crippen molar-refractivity contribution in [3.8, 4) is 11.1 Å². The highest BCUT2D eigenvalue weighted by molar-refractivity contribution is 5.94. The van der Waals surface area contributed by atoms with Crippen LogP contribution in [0, 0.1) is 12.7 Å². The molecule has 3 heterocycles. The first kappa shape index (κ1) is 27.8. The second-order valence-corrected chi connectivity index (χ2v) is 8.91. The average molecular weight is 552 g/mol. The third kappa shape index (κ3) is 5.77. The smallest absolute Gasteiger partial charge is 0.357 e. The van der Waals surface area contributed by atoms with Crippen molar-refractivity contribution in [3.05, 3.63) is 46.1 Å². The maximum absolute atomic E-state index is 15.2. The lowest BCUT2D eigenvalue weighted by Gasteiger charge is -2.28. The van der Waals surface area contributed by atoms with Crippen molar-refractivity contribution in [1.82, 2.24) is 25.2 Å². The van der Waals surface area contributed by atoms with E-state index in [2.05, 4.69) is 30.8 Å². The van der Waals surface area contributed by atoms with Crippen LogP contribution in [0.4, 0.5) is 34.0 Å². The van der Waals surface area contributed by atoms with Gasteiger partial charge in [-0.25, -0.2) is 19.0 Å². The number of rotatable bonds is 4. The lowest BCUT2D eigenvalue weighted by molar-refractivity contribution is -0.199. The van der Waals surface area contributed by atoms with E-state index in [-0.39, 0.29) is 27.7 Å². The van der Waals surface area contributed by atoms with Gasteiger partial charge in [0.15, 0.2) is 5.82 Å². The van der Waals surface area contributed by atoms with Crippen molar-refractivity contribution in [2.75, 3.05) is 30.5 Å². The Kier molecular flexibility index (Phi) is 7.72. The van der Waals surface area contributed by atoms with Gasteiger partial charge in [-0.1, -0.05) is 0 Å². The van der Waals surface area contributed by atoms with Crippen LogP contribution in [0.15, 0.2) is 29.2 Å². The SMILES string of the molecule is CNc1ncc2cc(-c3cc(N(OC(=O)C(F)(F)F)C(=O)NC4CCNCC4)c(F)cc3C)c(=O)n(C)c2n1. The molecule has 1 aliphatic heterocycles. The Bertz CT molecular complexity index is 1490. The molecule has 0 unspecified atom stereocenters. The molecule has 0 aliphatic carbocycles. The van der Waals surface area contributed by atoms with E-state index in [1.165, 1.54) is 30.8 Å². The minimum Gasteiger partial charge on any atom is -0.357 e. The Balaban J connectivity index is 1.82. The molecule has 4 rings (SSSR count). The summed E-state index contributed by atoms with van der Waals surface area (Å²) < 4.78 is 55.6. The molecule has 3 aromatic rings. The zero-order chi connectivity index (χ0) is 28.5. The number of hydrogen-bond donors (Lipinski definition) is 3. The molecule has 0 bridgehead atoms. The lowest BCUT2D eigenvalue weighted by Crippen LogP contribution is -2.50. The number of anilines is 2. The summed E-state index contributed by atoms with van der Waals surface area (Å²) in [4.78, 5) is 50.7. The number of hydroxylamine groups is 1. The maximum atomic E-state index is 15.2. The highest BCUT2D eigenvalue weighted by Gasteiger charge is 2.44. The van der Waals surface area contributed by atoms with Gasteiger partial charge in [0.2, 0.25) is 5.95 Å². The number of aryl methyl sites for hydroxylation is 2. The number of urea groups is 1. The van der Waals surface area contributed by atoms with Crippen molar-refractivity contribution in [3.63, 3.8) is 0 Å². The van der Waals surface area contributed by atoms with Crippen LogP contribution in [0.25, 0.3) is 22.2 Å². The number of hydrogen-bond acceptors (Lipinski definition) is 8. The van der Waals surface area contributed by atoms with Gasteiger partial charge in [0, 0.05) is 37.3 Å². The molecule has 0 spiro atoms. The minimum absolute atomic E-state index is 0.0328. The van der Waals surface area contributed by atoms with Crippen LogP contribution in [0.3, 0.4) is 0 Å². The number of fused-ring (bicyclic) bond motifs is 1. The van der Waals surface area contributed by atoms with Gasteiger partial charge in [-0.3, -0.25) is 9.36 Å². The molecule has 1 aliphatic rings. The van der Waals surface area contributed by atoms with Crippen molar-refractivity contribution in [2.45, 2.75) is 32.0 Å². The van der Waals surface area contributed by atoms with Crippen LogP contribution in [-0.4, -0.2) is 58.9 Å². The van der Waals surface area contributed by atoms with Crippen LogP contribution < -0.4 is 26.6 Å². The Morgan fingerprint density at radius 2 is 1.87 bits per heavy atom. The summed E-state index contributed by atoms with van der Waals surface area (Å²) in [5, 5.41) is 8.69. The molecule has 0 radical (unpaired) electrons. The third-order valence-corrected chi connectivity index (χ3v) is 6.23. The first-order valence-corrected chi connectivity index (χ1v) is 11.9. The summed E-state index contributed by atoms with van der Waals surface area (Å²) in [6, 6.07) is 1.65. The van der Waals surface area contributed by atoms with E-state index in [1.54, 1.807) is 7.05 Å². The molecular formula is C24H25F4N7O4. The Hall–Kier alpha value is -4.27. The number of nitrogens with one attached hydrogen (secondary N) is 3. The zero-order valence-corrected chi connectivity index (χ0v) is 21.1. The van der Waals surface area contributed by atoms with Gasteiger partial charge in [0.25, 0.3) is 5.56 Å². The topological polar surface area (TPSA) is 130 Å². The monoisotopic (exact) mass is 551 g/mol. The largest absolute Gasteiger partial charge is 0.493 e. The number of halogens is 4. The summed E-state index contributed by atoms with van der Waals surface area (Å²) in [5.74, 6) is -3.60. The molecule has 2 aromatic heterocycles. The summed E-state index contributed by atoms with van der Waals surface area (Å²) in [6.45, 7) is 2.57. The number of alkyl halides is 3. The summed E-state index contributed by atoms with van der Waals surface area (Å²) in [7, 11) is 3.07. The molecule has 39 heavy (non-hydrogen) atoms. The zero-order valence-electron chi connectivity index (χ0n) is 21.1. The Labute approximate surface area is 219 Å². The fraction of sp³-hybridized carbons (Fsp3) is 0.375. The molecule has 0 atom stereocenters. The second kappa shape index (κ2) is 10.8. The van der Waals surface area contributed by atoms with E-state index in [9.17, 15) is 27.6 Å². The molecule has 2 amide bonds. The van der Waals surface area contributed by atoms with Crippen molar-refractivity contribution < 1.29 is 32.0 Å². The fourth-order valence-electron chi connectivity index (χ4n) is 4.20. The summed E-state index contributed by atoms with van der Waals surface area (Å²) in [6.07, 6.45) is -3.09. The van der Waals surface area contributed by atoms with Gasteiger partial charge in [0.1, 0.15) is 11.3 Å².